The van der Waals surface area contributed by atoms with E-state index < -0.39 is 0 Å². The van der Waals surface area contributed by atoms with Crippen LogP contribution < -0.4 is 0 Å². The zero-order chi connectivity index (χ0) is 14.7. The number of piperidine rings is 1. The topological polar surface area (TPSA) is 38.5 Å². The van der Waals surface area contributed by atoms with Crippen LogP contribution in [0.5, 0.6) is 0 Å². The van der Waals surface area contributed by atoms with Gasteiger partial charge in [-0.05, 0) is 31.0 Å². The van der Waals surface area contributed by atoms with Gasteiger partial charge in [-0.1, -0.05) is 6.07 Å². The third kappa shape index (κ3) is 3.49. The van der Waals surface area contributed by atoms with Crippen LogP contribution in [0.25, 0.3) is 11.5 Å². The van der Waals surface area contributed by atoms with Crippen LogP contribution in [-0.4, -0.2) is 36.2 Å². The van der Waals surface area contributed by atoms with Crippen LogP contribution in [0.2, 0.25) is 0 Å². The molecule has 2 heterocycles. The van der Waals surface area contributed by atoms with Crippen molar-refractivity contribution in [2.45, 2.75) is 25.5 Å². The first-order valence-corrected chi connectivity index (χ1v) is 7.20. The van der Waals surface area contributed by atoms with Crippen LogP contribution in [0.4, 0.5) is 4.39 Å². The first kappa shape index (κ1) is 14.2. The molecule has 1 saturated heterocycles. The zero-order valence-electron chi connectivity index (χ0n) is 12.1. The minimum atomic E-state index is -0.283. The minimum Gasteiger partial charge on any atom is -0.444 e. The van der Waals surface area contributed by atoms with E-state index in [1.54, 1.807) is 25.5 Å². The van der Waals surface area contributed by atoms with Crippen LogP contribution >= 0.6 is 0 Å². The molecule has 0 bridgehead atoms. The lowest BCUT2D eigenvalue weighted by molar-refractivity contribution is 0.0385. The Kier molecular flexibility index (Phi) is 4.31. The molecule has 3 rings (SSSR count). The van der Waals surface area contributed by atoms with E-state index in [9.17, 15) is 4.39 Å². The molecule has 112 valence electrons. The van der Waals surface area contributed by atoms with Crippen molar-refractivity contribution in [3.05, 3.63) is 42.0 Å². The van der Waals surface area contributed by atoms with Gasteiger partial charge in [0, 0.05) is 32.3 Å². The molecule has 0 saturated carbocycles. The third-order valence-electron chi connectivity index (χ3n) is 3.88. The fraction of sp³-hybridized carbons (Fsp3) is 0.438. The van der Waals surface area contributed by atoms with Crippen LogP contribution in [0.3, 0.4) is 0 Å². The molecular formula is C16H19FN2O2. The Balaban J connectivity index is 1.63. The lowest BCUT2D eigenvalue weighted by Gasteiger charge is -2.30. The highest BCUT2D eigenvalue weighted by molar-refractivity contribution is 5.52. The van der Waals surface area contributed by atoms with Crippen LogP contribution in [0, 0.1) is 5.82 Å². The second kappa shape index (κ2) is 6.37. The minimum absolute atomic E-state index is 0.283. The average molecular weight is 290 g/mol. The molecule has 1 aliphatic heterocycles. The van der Waals surface area contributed by atoms with Gasteiger partial charge in [0.15, 0.2) is 0 Å². The summed E-state index contributed by atoms with van der Waals surface area (Å²) in [5, 5.41) is 0. The van der Waals surface area contributed by atoms with E-state index in [-0.39, 0.29) is 5.82 Å². The summed E-state index contributed by atoms with van der Waals surface area (Å²) >= 11 is 0. The molecule has 1 aromatic carbocycles. The van der Waals surface area contributed by atoms with Gasteiger partial charge in [-0.3, -0.25) is 4.90 Å². The number of rotatable bonds is 4. The van der Waals surface area contributed by atoms with E-state index in [4.69, 9.17) is 9.15 Å². The number of hydrogen-bond donors (Lipinski definition) is 0. The van der Waals surface area contributed by atoms with Gasteiger partial charge in [-0.15, -0.1) is 0 Å². The number of benzene rings is 1. The number of oxazole rings is 1. The molecule has 4 nitrogen and oxygen atoms in total. The fourth-order valence-corrected chi connectivity index (χ4v) is 2.67. The van der Waals surface area contributed by atoms with Crippen molar-refractivity contribution in [2.24, 2.45) is 0 Å². The smallest absolute Gasteiger partial charge is 0.226 e. The highest BCUT2D eigenvalue weighted by Crippen LogP contribution is 2.21. The monoisotopic (exact) mass is 290 g/mol. The molecule has 1 aliphatic rings. The van der Waals surface area contributed by atoms with Gasteiger partial charge in [0.05, 0.1) is 11.8 Å². The standard InChI is InChI=1S/C16H19FN2O2/c1-20-15-5-7-19(8-6-15)10-14-11-21-16(18-14)12-3-2-4-13(17)9-12/h2-4,9,11,15H,5-8,10H2,1H3. The lowest BCUT2D eigenvalue weighted by atomic mass is 10.1. The molecule has 1 fully saturated rings. The van der Waals surface area contributed by atoms with Crippen molar-refractivity contribution in [3.63, 3.8) is 0 Å². The summed E-state index contributed by atoms with van der Waals surface area (Å²) in [6.07, 6.45) is 4.13. The van der Waals surface area contributed by atoms with E-state index >= 15 is 0 Å². The first-order chi connectivity index (χ1) is 10.2. The van der Waals surface area contributed by atoms with Gasteiger partial charge in [-0.25, -0.2) is 9.37 Å². The van der Waals surface area contributed by atoms with Crippen molar-refractivity contribution < 1.29 is 13.5 Å². The van der Waals surface area contributed by atoms with Crippen molar-refractivity contribution in [3.8, 4) is 11.5 Å². The molecular weight excluding hydrogens is 271 g/mol. The number of hydrogen-bond acceptors (Lipinski definition) is 4. The molecule has 0 unspecified atom stereocenters. The van der Waals surface area contributed by atoms with Gasteiger partial charge in [0.25, 0.3) is 0 Å². The number of aromatic nitrogens is 1. The molecule has 0 aliphatic carbocycles. The quantitative estimate of drug-likeness (QED) is 0.867. The largest absolute Gasteiger partial charge is 0.444 e. The van der Waals surface area contributed by atoms with Gasteiger partial charge in [-0.2, -0.15) is 0 Å². The molecule has 5 heteroatoms. The third-order valence-corrected chi connectivity index (χ3v) is 3.88. The highest BCUT2D eigenvalue weighted by atomic mass is 19.1. The summed E-state index contributed by atoms with van der Waals surface area (Å²) in [6, 6.07) is 6.29. The number of likely N-dealkylation sites (tertiary alicyclic amines) is 1. The second-order valence-corrected chi connectivity index (χ2v) is 5.37. The van der Waals surface area contributed by atoms with Crippen molar-refractivity contribution >= 4 is 0 Å². The fourth-order valence-electron chi connectivity index (χ4n) is 2.67. The van der Waals surface area contributed by atoms with E-state index in [2.05, 4.69) is 9.88 Å². The second-order valence-electron chi connectivity index (χ2n) is 5.37. The molecule has 0 radical (unpaired) electrons. The summed E-state index contributed by atoms with van der Waals surface area (Å²) < 4.78 is 24.0. The van der Waals surface area contributed by atoms with E-state index in [0.29, 0.717) is 17.6 Å². The van der Waals surface area contributed by atoms with Gasteiger partial charge >= 0.3 is 0 Å². The number of halogens is 1. The van der Waals surface area contributed by atoms with Crippen LogP contribution in [0.15, 0.2) is 34.9 Å². The molecule has 21 heavy (non-hydrogen) atoms. The SMILES string of the molecule is COC1CCN(Cc2coc(-c3cccc(F)c3)n2)CC1. The first-order valence-electron chi connectivity index (χ1n) is 7.20. The molecule has 1 aromatic heterocycles. The van der Waals surface area contributed by atoms with Gasteiger partial charge in [0.2, 0.25) is 5.89 Å². The van der Waals surface area contributed by atoms with Crippen molar-refractivity contribution in [1.82, 2.24) is 9.88 Å². The molecule has 0 spiro atoms. The number of nitrogens with zero attached hydrogens (tertiary/aromatic N) is 2. The highest BCUT2D eigenvalue weighted by Gasteiger charge is 2.19. The number of methoxy groups -OCH3 is 1. The zero-order valence-corrected chi connectivity index (χ0v) is 12.1. The Hall–Kier alpha value is -1.72. The maximum absolute atomic E-state index is 13.2. The maximum atomic E-state index is 13.2. The molecule has 0 atom stereocenters. The van der Waals surface area contributed by atoms with Crippen molar-refractivity contribution in [2.75, 3.05) is 20.2 Å². The summed E-state index contributed by atoms with van der Waals surface area (Å²) in [5.74, 6) is 0.185. The van der Waals surface area contributed by atoms with E-state index in [1.807, 2.05) is 0 Å². The Labute approximate surface area is 123 Å². The lowest BCUT2D eigenvalue weighted by Crippen LogP contribution is -2.36. The van der Waals surface area contributed by atoms with Gasteiger partial charge in [0.1, 0.15) is 12.1 Å². The normalized spacial score (nSPS) is 17.2. The Morgan fingerprint density at radius 1 is 1.38 bits per heavy atom. The summed E-state index contributed by atoms with van der Waals surface area (Å²) in [5.41, 5.74) is 1.55. The molecule has 0 N–H and O–H groups in total. The van der Waals surface area contributed by atoms with Crippen molar-refractivity contribution in [1.29, 1.82) is 0 Å². The van der Waals surface area contributed by atoms with Crippen LogP contribution in [0.1, 0.15) is 18.5 Å². The number of ether oxygens (including phenoxy) is 1. The van der Waals surface area contributed by atoms with E-state index in [0.717, 1.165) is 38.2 Å². The Bertz CT molecular complexity index is 591. The predicted octanol–water partition coefficient (Wildman–Crippen LogP) is 3.09. The maximum Gasteiger partial charge on any atom is 0.226 e. The summed E-state index contributed by atoms with van der Waals surface area (Å²) in [7, 11) is 1.77. The summed E-state index contributed by atoms with van der Waals surface area (Å²) in [6.45, 7) is 2.76. The van der Waals surface area contributed by atoms with Crippen LogP contribution in [-0.2, 0) is 11.3 Å². The predicted molar refractivity (Wildman–Crippen MR) is 77.2 cm³/mol. The molecule has 2 aromatic rings. The Morgan fingerprint density at radius 2 is 2.19 bits per heavy atom. The average Bonchev–Trinajstić information content (AvgIpc) is 2.97. The Morgan fingerprint density at radius 3 is 2.90 bits per heavy atom. The summed E-state index contributed by atoms with van der Waals surface area (Å²) in [4.78, 5) is 6.78. The van der Waals surface area contributed by atoms with Gasteiger partial charge < -0.3 is 9.15 Å². The van der Waals surface area contributed by atoms with E-state index in [1.165, 1.54) is 12.1 Å². The molecule has 0 amide bonds.